The molecule has 0 bridgehead atoms. The van der Waals surface area contributed by atoms with Gasteiger partial charge in [-0.2, -0.15) is 0 Å². The molecule has 0 aliphatic carbocycles. The Morgan fingerprint density at radius 3 is 1.69 bits per heavy atom. The second-order valence-corrected chi connectivity index (χ2v) is 14.0. The normalized spacial score (nSPS) is 11.6. The first-order valence-electron chi connectivity index (χ1n) is 18.5. The number of fused-ring (bicyclic) bond motifs is 7. The topological polar surface area (TPSA) is 51.8 Å². The summed E-state index contributed by atoms with van der Waals surface area (Å²) in [4.78, 5) is 15.6. The van der Waals surface area contributed by atoms with Crippen LogP contribution in [-0.4, -0.2) is 15.0 Å². The van der Waals surface area contributed by atoms with Crippen molar-refractivity contribution < 1.29 is 4.42 Å². The van der Waals surface area contributed by atoms with Crippen LogP contribution in [0.2, 0.25) is 0 Å². The van der Waals surface area contributed by atoms with Crippen molar-refractivity contribution in [1.29, 1.82) is 0 Å². The number of hydrogen-bond donors (Lipinski definition) is 0. The van der Waals surface area contributed by atoms with E-state index in [9.17, 15) is 0 Å². The molecule has 9 aromatic carbocycles. The lowest BCUT2D eigenvalue weighted by atomic mass is 9.93. The molecule has 0 saturated heterocycles. The van der Waals surface area contributed by atoms with Gasteiger partial charge in [0.2, 0.25) is 0 Å². The third kappa shape index (κ3) is 5.26. The van der Waals surface area contributed by atoms with Crippen molar-refractivity contribution in [1.82, 2.24) is 15.0 Å². The van der Waals surface area contributed by atoms with Gasteiger partial charge >= 0.3 is 0 Å². The molecule has 11 aromatic rings. The van der Waals surface area contributed by atoms with Crippen LogP contribution in [-0.2, 0) is 0 Å². The highest BCUT2D eigenvalue weighted by Crippen LogP contribution is 2.39. The van der Waals surface area contributed by atoms with Crippen LogP contribution in [0.1, 0.15) is 0 Å². The molecule has 0 fully saturated rings. The Hall–Kier alpha value is -7.43. The van der Waals surface area contributed by atoms with Crippen molar-refractivity contribution in [3.8, 4) is 56.4 Å². The highest BCUT2D eigenvalue weighted by molar-refractivity contribution is 6.14. The van der Waals surface area contributed by atoms with E-state index in [1.807, 2.05) is 30.3 Å². The number of benzene rings is 9. The first kappa shape index (κ1) is 31.1. The van der Waals surface area contributed by atoms with E-state index < -0.39 is 0 Å². The number of rotatable bonds is 5. The summed E-state index contributed by atoms with van der Waals surface area (Å²) in [6.45, 7) is 0. The predicted octanol–water partition coefficient (Wildman–Crippen LogP) is 13.6. The third-order valence-corrected chi connectivity index (χ3v) is 10.7. The zero-order chi connectivity index (χ0) is 36.3. The summed E-state index contributed by atoms with van der Waals surface area (Å²) in [5.41, 5.74) is 8.72. The van der Waals surface area contributed by atoms with E-state index in [1.165, 1.54) is 37.9 Å². The summed E-state index contributed by atoms with van der Waals surface area (Å²) in [5.74, 6) is 1.75. The molecule has 0 radical (unpaired) electrons. The molecule has 0 atom stereocenters. The molecule has 0 spiro atoms. The van der Waals surface area contributed by atoms with Gasteiger partial charge in [0.25, 0.3) is 0 Å². The Balaban J connectivity index is 1.10. The fourth-order valence-electron chi connectivity index (χ4n) is 8.05. The van der Waals surface area contributed by atoms with E-state index in [0.717, 1.165) is 55.3 Å². The number of nitrogens with zero attached hydrogens (tertiary/aromatic N) is 3. The van der Waals surface area contributed by atoms with Crippen LogP contribution in [0.4, 0.5) is 0 Å². The zero-order valence-corrected chi connectivity index (χ0v) is 29.6. The maximum absolute atomic E-state index is 6.49. The van der Waals surface area contributed by atoms with Crippen LogP contribution in [0.25, 0.3) is 111 Å². The van der Waals surface area contributed by atoms with Crippen LogP contribution in [0, 0.1) is 0 Å². The molecular formula is C51H31N3O. The van der Waals surface area contributed by atoms with Gasteiger partial charge in [0.15, 0.2) is 17.5 Å². The minimum absolute atomic E-state index is 0.558. The molecular weight excluding hydrogens is 671 g/mol. The van der Waals surface area contributed by atoms with Gasteiger partial charge in [0, 0.05) is 21.9 Å². The lowest BCUT2D eigenvalue weighted by Gasteiger charge is -2.13. The minimum Gasteiger partial charge on any atom is -0.455 e. The van der Waals surface area contributed by atoms with Crippen LogP contribution >= 0.6 is 0 Å². The molecule has 55 heavy (non-hydrogen) atoms. The number of hydrogen-bond acceptors (Lipinski definition) is 4. The van der Waals surface area contributed by atoms with Gasteiger partial charge in [0.1, 0.15) is 11.2 Å². The molecule has 0 unspecified atom stereocenters. The Morgan fingerprint density at radius 1 is 0.291 bits per heavy atom. The Kier molecular flexibility index (Phi) is 7.14. The summed E-state index contributed by atoms with van der Waals surface area (Å²) in [5, 5.41) is 9.42. The largest absolute Gasteiger partial charge is 0.455 e. The SMILES string of the molecule is c1ccc(-c2nc(-c3ccc(-c4cc5ccccc5c5ccccc45)cc3)nc(-c3cccc4c3oc3ccccc34)n2)c(-c2ccc3ccccc3c2)c1. The monoisotopic (exact) mass is 701 g/mol. The number of aromatic nitrogens is 3. The molecule has 4 nitrogen and oxygen atoms in total. The molecule has 11 rings (SSSR count). The minimum atomic E-state index is 0.558. The van der Waals surface area contributed by atoms with Crippen molar-refractivity contribution in [3.63, 3.8) is 0 Å². The van der Waals surface area contributed by atoms with E-state index in [4.69, 9.17) is 19.4 Å². The average molecular weight is 702 g/mol. The first-order chi connectivity index (χ1) is 27.2. The number of furan rings is 1. The van der Waals surface area contributed by atoms with Gasteiger partial charge in [-0.15, -0.1) is 0 Å². The van der Waals surface area contributed by atoms with Crippen molar-refractivity contribution in [3.05, 3.63) is 188 Å². The van der Waals surface area contributed by atoms with Gasteiger partial charge in [-0.05, 0) is 78.8 Å². The van der Waals surface area contributed by atoms with E-state index in [2.05, 4.69) is 158 Å². The fraction of sp³-hybridized carbons (Fsp3) is 0. The molecule has 0 amide bonds. The molecule has 0 saturated carbocycles. The second kappa shape index (κ2) is 12.6. The van der Waals surface area contributed by atoms with Crippen LogP contribution in [0.5, 0.6) is 0 Å². The first-order valence-corrected chi connectivity index (χ1v) is 18.5. The smallest absolute Gasteiger partial charge is 0.167 e. The van der Waals surface area contributed by atoms with Gasteiger partial charge in [0.05, 0.1) is 5.56 Å². The summed E-state index contributed by atoms with van der Waals surface area (Å²) >= 11 is 0. The zero-order valence-electron chi connectivity index (χ0n) is 29.6. The summed E-state index contributed by atoms with van der Waals surface area (Å²) in [6, 6.07) is 65.8. The molecule has 4 heteroatoms. The standard InChI is InChI=1S/C51H31N3O/c1-2-13-35-30-37(29-24-32(35)12-1)39-16-5-8-20-44(39)50-52-49(53-51(54-50)45-22-11-21-43-42-19-9-10-23-47(42)55-48(43)45)34-27-25-33(26-28-34)46-31-36-14-3-4-15-38(36)40-17-6-7-18-41(40)46/h1-31H. The van der Waals surface area contributed by atoms with Gasteiger partial charge in [-0.1, -0.05) is 164 Å². The predicted molar refractivity (Wildman–Crippen MR) is 227 cm³/mol. The Morgan fingerprint density at radius 2 is 0.855 bits per heavy atom. The lowest BCUT2D eigenvalue weighted by Crippen LogP contribution is -2.01. The summed E-state index contributed by atoms with van der Waals surface area (Å²) < 4.78 is 6.49. The molecule has 0 aliphatic rings. The van der Waals surface area contributed by atoms with Crippen molar-refractivity contribution in [2.75, 3.05) is 0 Å². The van der Waals surface area contributed by atoms with E-state index >= 15 is 0 Å². The van der Waals surface area contributed by atoms with Crippen molar-refractivity contribution in [2.45, 2.75) is 0 Å². The highest BCUT2D eigenvalue weighted by atomic mass is 16.3. The van der Waals surface area contributed by atoms with Gasteiger partial charge in [-0.25, -0.2) is 15.0 Å². The second-order valence-electron chi connectivity index (χ2n) is 14.0. The molecule has 256 valence electrons. The molecule has 0 N–H and O–H groups in total. The van der Waals surface area contributed by atoms with Crippen molar-refractivity contribution >= 4 is 54.3 Å². The number of para-hydroxylation sites is 2. The summed E-state index contributed by atoms with van der Waals surface area (Å²) in [6.07, 6.45) is 0. The molecule has 0 aliphatic heterocycles. The van der Waals surface area contributed by atoms with Crippen LogP contribution in [0.15, 0.2) is 192 Å². The Bertz CT molecular complexity index is 3270. The van der Waals surface area contributed by atoms with E-state index in [0.29, 0.717) is 17.5 Å². The Labute approximate surface area is 317 Å². The average Bonchev–Trinajstić information content (AvgIpc) is 3.65. The summed E-state index contributed by atoms with van der Waals surface area (Å²) in [7, 11) is 0. The van der Waals surface area contributed by atoms with Gasteiger partial charge < -0.3 is 4.42 Å². The lowest BCUT2D eigenvalue weighted by molar-refractivity contribution is 0.669. The van der Waals surface area contributed by atoms with Crippen LogP contribution < -0.4 is 0 Å². The van der Waals surface area contributed by atoms with Crippen LogP contribution in [0.3, 0.4) is 0 Å². The van der Waals surface area contributed by atoms with Gasteiger partial charge in [-0.3, -0.25) is 0 Å². The molecule has 2 heterocycles. The highest BCUT2D eigenvalue weighted by Gasteiger charge is 2.19. The maximum Gasteiger partial charge on any atom is 0.167 e. The fourth-order valence-corrected chi connectivity index (χ4v) is 8.05. The van der Waals surface area contributed by atoms with Crippen molar-refractivity contribution in [2.24, 2.45) is 0 Å². The van der Waals surface area contributed by atoms with E-state index in [-0.39, 0.29) is 0 Å². The third-order valence-electron chi connectivity index (χ3n) is 10.7. The molecule has 2 aromatic heterocycles. The maximum atomic E-state index is 6.49. The quantitative estimate of drug-likeness (QED) is 0.168. The van der Waals surface area contributed by atoms with E-state index in [1.54, 1.807) is 0 Å².